The van der Waals surface area contributed by atoms with E-state index in [0.717, 1.165) is 26.2 Å². The first-order chi connectivity index (χ1) is 9.22. The number of amides is 1. The van der Waals surface area contributed by atoms with Crippen molar-refractivity contribution in [2.45, 2.75) is 6.42 Å². The minimum atomic E-state index is 0.117. The average Bonchev–Trinajstić information content (AvgIpc) is 2.83. The number of rotatable bonds is 3. The summed E-state index contributed by atoms with van der Waals surface area (Å²) in [6, 6.07) is 10.5. The monoisotopic (exact) mass is 260 g/mol. The topological polar surface area (TPSA) is 32.8 Å². The van der Waals surface area contributed by atoms with Gasteiger partial charge in [0.1, 0.15) is 6.61 Å². The summed E-state index contributed by atoms with van der Waals surface area (Å²) in [6.07, 6.45) is 1.18. The Kier molecular flexibility index (Phi) is 3.19. The number of hydrogen-bond acceptors (Lipinski definition) is 3. The first-order valence-electron chi connectivity index (χ1n) is 6.79. The molecule has 4 nitrogen and oxygen atoms in total. The van der Waals surface area contributed by atoms with Crippen molar-refractivity contribution < 1.29 is 9.53 Å². The van der Waals surface area contributed by atoms with Gasteiger partial charge >= 0.3 is 0 Å². The maximum atomic E-state index is 11.7. The number of anilines is 1. The van der Waals surface area contributed by atoms with Gasteiger partial charge in [-0.3, -0.25) is 4.79 Å². The summed E-state index contributed by atoms with van der Waals surface area (Å²) in [7, 11) is 1.57. The summed E-state index contributed by atoms with van der Waals surface area (Å²) < 4.78 is 4.90. The lowest BCUT2D eigenvalue weighted by Gasteiger charge is -2.48. The number of hydrogen-bond donors (Lipinski definition) is 0. The predicted molar refractivity (Wildman–Crippen MR) is 74.2 cm³/mol. The van der Waals surface area contributed by atoms with Crippen molar-refractivity contribution in [1.82, 2.24) is 4.90 Å². The van der Waals surface area contributed by atoms with Crippen LogP contribution in [-0.2, 0) is 9.53 Å². The molecule has 0 aliphatic carbocycles. The fourth-order valence-corrected chi connectivity index (χ4v) is 3.21. The van der Waals surface area contributed by atoms with E-state index in [2.05, 4.69) is 29.2 Å². The Hall–Kier alpha value is -1.55. The van der Waals surface area contributed by atoms with Gasteiger partial charge in [-0.05, 0) is 18.6 Å². The van der Waals surface area contributed by atoms with Crippen molar-refractivity contribution in [3.63, 3.8) is 0 Å². The Morgan fingerprint density at radius 2 is 2.00 bits per heavy atom. The van der Waals surface area contributed by atoms with E-state index in [-0.39, 0.29) is 12.5 Å². The third-order valence-electron chi connectivity index (χ3n) is 4.23. The molecule has 3 rings (SSSR count). The van der Waals surface area contributed by atoms with E-state index in [1.807, 2.05) is 11.0 Å². The number of likely N-dealkylation sites (tertiary alicyclic amines) is 1. The lowest BCUT2D eigenvalue weighted by Crippen LogP contribution is -2.60. The van der Waals surface area contributed by atoms with Crippen LogP contribution in [0.4, 0.5) is 5.69 Å². The smallest absolute Gasteiger partial charge is 0.248 e. The molecule has 2 aliphatic heterocycles. The second kappa shape index (κ2) is 4.85. The molecule has 1 spiro atoms. The molecule has 1 aromatic carbocycles. The zero-order valence-electron chi connectivity index (χ0n) is 11.3. The predicted octanol–water partition coefficient (Wildman–Crippen LogP) is 1.37. The van der Waals surface area contributed by atoms with Crippen molar-refractivity contribution in [3.05, 3.63) is 30.3 Å². The molecule has 2 heterocycles. The van der Waals surface area contributed by atoms with Gasteiger partial charge in [0.15, 0.2) is 0 Å². The minimum absolute atomic E-state index is 0.117. The van der Waals surface area contributed by atoms with Crippen molar-refractivity contribution in [2.24, 2.45) is 5.41 Å². The molecule has 0 saturated carbocycles. The van der Waals surface area contributed by atoms with Crippen molar-refractivity contribution >= 4 is 11.6 Å². The third-order valence-corrected chi connectivity index (χ3v) is 4.23. The molecule has 0 radical (unpaired) electrons. The standard InChI is InChI=1S/C15H20N2O2/c1-19-9-14(18)17-11-15(12-17)7-8-16(10-15)13-5-3-2-4-6-13/h2-6H,7-12H2,1H3. The highest BCUT2D eigenvalue weighted by atomic mass is 16.5. The Labute approximate surface area is 113 Å². The van der Waals surface area contributed by atoms with Crippen molar-refractivity contribution in [2.75, 3.05) is 44.8 Å². The van der Waals surface area contributed by atoms with E-state index in [9.17, 15) is 4.79 Å². The van der Waals surface area contributed by atoms with Gasteiger partial charge in [0.2, 0.25) is 5.91 Å². The van der Waals surface area contributed by atoms with Crippen LogP contribution in [0.5, 0.6) is 0 Å². The Morgan fingerprint density at radius 3 is 2.68 bits per heavy atom. The van der Waals surface area contributed by atoms with Crippen LogP contribution >= 0.6 is 0 Å². The number of carbonyl (C=O) groups is 1. The van der Waals surface area contributed by atoms with Gasteiger partial charge in [-0.2, -0.15) is 0 Å². The molecular weight excluding hydrogens is 240 g/mol. The maximum absolute atomic E-state index is 11.7. The second-order valence-corrected chi connectivity index (χ2v) is 5.69. The largest absolute Gasteiger partial charge is 0.375 e. The van der Waals surface area contributed by atoms with Crippen LogP contribution in [0, 0.1) is 5.41 Å². The van der Waals surface area contributed by atoms with Crippen LogP contribution in [0.2, 0.25) is 0 Å². The Balaban J connectivity index is 1.58. The van der Waals surface area contributed by atoms with Crippen molar-refractivity contribution in [3.8, 4) is 0 Å². The van der Waals surface area contributed by atoms with Crippen LogP contribution in [0.15, 0.2) is 30.3 Å². The minimum Gasteiger partial charge on any atom is -0.375 e. The normalized spacial score (nSPS) is 20.7. The van der Waals surface area contributed by atoms with Gasteiger partial charge in [0.05, 0.1) is 0 Å². The highest BCUT2D eigenvalue weighted by Gasteiger charge is 2.49. The van der Waals surface area contributed by atoms with E-state index < -0.39 is 0 Å². The number of carbonyl (C=O) groups excluding carboxylic acids is 1. The van der Waals surface area contributed by atoms with Crippen LogP contribution in [0.1, 0.15) is 6.42 Å². The SMILES string of the molecule is COCC(=O)N1CC2(CCN(c3ccccc3)C2)C1. The third kappa shape index (κ3) is 2.32. The zero-order chi connectivity index (χ0) is 13.3. The maximum Gasteiger partial charge on any atom is 0.248 e. The molecule has 102 valence electrons. The quantitative estimate of drug-likeness (QED) is 0.823. The molecule has 19 heavy (non-hydrogen) atoms. The number of ether oxygens (including phenoxy) is 1. The van der Waals surface area contributed by atoms with E-state index in [0.29, 0.717) is 5.41 Å². The first-order valence-corrected chi connectivity index (χ1v) is 6.79. The Morgan fingerprint density at radius 1 is 1.26 bits per heavy atom. The number of methoxy groups -OCH3 is 1. The van der Waals surface area contributed by atoms with Gasteiger partial charge in [-0.1, -0.05) is 18.2 Å². The molecular formula is C15H20N2O2. The number of para-hydroxylation sites is 1. The van der Waals surface area contributed by atoms with Gasteiger partial charge in [0.25, 0.3) is 0 Å². The van der Waals surface area contributed by atoms with Crippen LogP contribution in [0.25, 0.3) is 0 Å². The first kappa shape index (κ1) is 12.5. The molecule has 4 heteroatoms. The van der Waals surface area contributed by atoms with Gasteiger partial charge in [-0.25, -0.2) is 0 Å². The highest BCUT2D eigenvalue weighted by molar-refractivity contribution is 5.78. The molecule has 2 saturated heterocycles. The zero-order valence-corrected chi connectivity index (χ0v) is 11.3. The van der Waals surface area contributed by atoms with E-state index in [1.54, 1.807) is 7.11 Å². The van der Waals surface area contributed by atoms with Crippen LogP contribution in [-0.4, -0.2) is 50.7 Å². The highest BCUT2D eigenvalue weighted by Crippen LogP contribution is 2.41. The second-order valence-electron chi connectivity index (χ2n) is 5.69. The lowest BCUT2D eigenvalue weighted by molar-refractivity contribution is -0.146. The average molecular weight is 260 g/mol. The van der Waals surface area contributed by atoms with Gasteiger partial charge < -0.3 is 14.5 Å². The lowest BCUT2D eigenvalue weighted by atomic mass is 9.79. The van der Waals surface area contributed by atoms with Gasteiger partial charge in [-0.15, -0.1) is 0 Å². The molecule has 2 aliphatic rings. The summed E-state index contributed by atoms with van der Waals surface area (Å²) in [4.78, 5) is 16.0. The molecule has 0 aromatic heterocycles. The number of benzene rings is 1. The molecule has 2 fully saturated rings. The molecule has 0 unspecified atom stereocenters. The fraction of sp³-hybridized carbons (Fsp3) is 0.533. The van der Waals surface area contributed by atoms with Crippen LogP contribution in [0.3, 0.4) is 0 Å². The molecule has 0 bridgehead atoms. The van der Waals surface area contributed by atoms with E-state index in [4.69, 9.17) is 4.74 Å². The van der Waals surface area contributed by atoms with Crippen LogP contribution < -0.4 is 4.90 Å². The van der Waals surface area contributed by atoms with Gasteiger partial charge in [0, 0.05) is 44.4 Å². The summed E-state index contributed by atoms with van der Waals surface area (Å²) in [6.45, 7) is 4.14. The molecule has 0 N–H and O–H groups in total. The summed E-state index contributed by atoms with van der Waals surface area (Å²) in [5, 5.41) is 0. The van der Waals surface area contributed by atoms with Crippen molar-refractivity contribution in [1.29, 1.82) is 0 Å². The summed E-state index contributed by atoms with van der Waals surface area (Å²) in [5.74, 6) is 0.117. The summed E-state index contributed by atoms with van der Waals surface area (Å²) in [5.41, 5.74) is 1.61. The molecule has 1 amide bonds. The molecule has 1 aromatic rings. The summed E-state index contributed by atoms with van der Waals surface area (Å²) >= 11 is 0. The van der Waals surface area contributed by atoms with E-state index >= 15 is 0 Å². The Bertz CT molecular complexity index is 454. The van der Waals surface area contributed by atoms with E-state index in [1.165, 1.54) is 12.1 Å². The number of nitrogens with zero attached hydrogens (tertiary/aromatic N) is 2. The fourth-order valence-electron chi connectivity index (χ4n) is 3.21. The molecule has 0 atom stereocenters.